The zero-order valence-corrected chi connectivity index (χ0v) is 12.3. The minimum atomic E-state index is 0.0703. The molecule has 0 unspecified atom stereocenters. The molecule has 0 aliphatic carbocycles. The van der Waals surface area contributed by atoms with Crippen LogP contribution < -0.4 is 5.32 Å². The minimum absolute atomic E-state index is 0.0703. The first-order valence-electron chi connectivity index (χ1n) is 6.59. The van der Waals surface area contributed by atoms with Gasteiger partial charge < -0.3 is 5.32 Å². The van der Waals surface area contributed by atoms with Gasteiger partial charge in [-0.15, -0.1) is 0 Å². The second kappa shape index (κ2) is 7.69. The zero-order valence-electron chi connectivity index (χ0n) is 11.5. The smallest absolute Gasteiger partial charge is 0.230 e. The van der Waals surface area contributed by atoms with Gasteiger partial charge in [-0.25, -0.2) is 9.67 Å². The van der Waals surface area contributed by atoms with Crippen LogP contribution in [0.5, 0.6) is 0 Å². The van der Waals surface area contributed by atoms with E-state index in [1.165, 1.54) is 0 Å². The molecule has 0 aromatic carbocycles. The number of hydrogen-bond acceptors (Lipinski definition) is 4. The van der Waals surface area contributed by atoms with Gasteiger partial charge in [0.05, 0.1) is 5.75 Å². The molecule has 2 rings (SSSR count). The van der Waals surface area contributed by atoms with Crippen LogP contribution in [0.3, 0.4) is 0 Å². The summed E-state index contributed by atoms with van der Waals surface area (Å²) in [7, 11) is 0. The Bertz CT molecular complexity index is 542. The quantitative estimate of drug-likeness (QED) is 0.793. The van der Waals surface area contributed by atoms with E-state index >= 15 is 0 Å². The van der Waals surface area contributed by atoms with Crippen LogP contribution in [-0.4, -0.2) is 32.2 Å². The first-order valence-corrected chi connectivity index (χ1v) is 7.74. The molecule has 0 spiro atoms. The SMILES string of the molecule is CCCSCC(=O)NCc1ccnc(-n2cccn2)c1. The monoisotopic (exact) mass is 290 g/mol. The molecule has 0 atom stereocenters. The van der Waals surface area contributed by atoms with Crippen molar-refractivity contribution in [2.75, 3.05) is 11.5 Å². The summed E-state index contributed by atoms with van der Waals surface area (Å²) in [4.78, 5) is 15.9. The van der Waals surface area contributed by atoms with Crippen molar-refractivity contribution in [3.8, 4) is 5.82 Å². The second-order valence-electron chi connectivity index (χ2n) is 4.30. The molecule has 106 valence electrons. The van der Waals surface area contributed by atoms with Crippen LogP contribution in [0.15, 0.2) is 36.8 Å². The van der Waals surface area contributed by atoms with Crippen LogP contribution in [0.25, 0.3) is 5.82 Å². The third-order valence-electron chi connectivity index (χ3n) is 2.62. The third kappa shape index (κ3) is 4.38. The first kappa shape index (κ1) is 14.6. The number of nitrogens with zero attached hydrogens (tertiary/aromatic N) is 3. The Balaban J connectivity index is 1.87. The highest BCUT2D eigenvalue weighted by Gasteiger charge is 2.03. The summed E-state index contributed by atoms with van der Waals surface area (Å²) in [5, 5.41) is 7.05. The summed E-state index contributed by atoms with van der Waals surface area (Å²) in [6.07, 6.45) is 6.37. The Labute approximate surface area is 122 Å². The van der Waals surface area contributed by atoms with E-state index in [-0.39, 0.29) is 5.91 Å². The van der Waals surface area contributed by atoms with Crippen LogP contribution >= 0.6 is 11.8 Å². The lowest BCUT2D eigenvalue weighted by Gasteiger charge is -2.06. The van der Waals surface area contributed by atoms with Crippen molar-refractivity contribution in [1.82, 2.24) is 20.1 Å². The van der Waals surface area contributed by atoms with Gasteiger partial charge in [0.1, 0.15) is 0 Å². The number of nitrogens with one attached hydrogen (secondary N) is 1. The van der Waals surface area contributed by atoms with E-state index in [0.29, 0.717) is 12.3 Å². The number of carbonyl (C=O) groups is 1. The van der Waals surface area contributed by atoms with E-state index in [0.717, 1.165) is 23.6 Å². The highest BCUT2D eigenvalue weighted by molar-refractivity contribution is 7.99. The Morgan fingerprint density at radius 1 is 1.45 bits per heavy atom. The van der Waals surface area contributed by atoms with Crippen LogP contribution in [0, 0.1) is 0 Å². The highest BCUT2D eigenvalue weighted by atomic mass is 32.2. The third-order valence-corrected chi connectivity index (χ3v) is 3.78. The summed E-state index contributed by atoms with van der Waals surface area (Å²) in [5.74, 6) is 2.36. The van der Waals surface area contributed by atoms with Gasteiger partial charge in [0.15, 0.2) is 5.82 Å². The highest BCUT2D eigenvalue weighted by Crippen LogP contribution is 2.06. The van der Waals surface area contributed by atoms with Crippen molar-refractivity contribution in [1.29, 1.82) is 0 Å². The predicted molar refractivity (Wildman–Crippen MR) is 80.8 cm³/mol. The summed E-state index contributed by atoms with van der Waals surface area (Å²) < 4.78 is 1.70. The van der Waals surface area contributed by atoms with Gasteiger partial charge in [-0.3, -0.25) is 4.79 Å². The molecular formula is C14H18N4OS. The minimum Gasteiger partial charge on any atom is -0.351 e. The molecule has 0 saturated carbocycles. The molecular weight excluding hydrogens is 272 g/mol. The zero-order chi connectivity index (χ0) is 14.2. The average molecular weight is 290 g/mol. The molecule has 6 heteroatoms. The Morgan fingerprint density at radius 3 is 3.10 bits per heavy atom. The van der Waals surface area contributed by atoms with Crippen LogP contribution in [0.4, 0.5) is 0 Å². The van der Waals surface area contributed by atoms with Gasteiger partial charge in [-0.2, -0.15) is 16.9 Å². The molecule has 0 aliphatic rings. The lowest BCUT2D eigenvalue weighted by atomic mass is 10.2. The van der Waals surface area contributed by atoms with Crippen molar-refractivity contribution in [3.63, 3.8) is 0 Å². The second-order valence-corrected chi connectivity index (χ2v) is 5.41. The van der Waals surface area contributed by atoms with Gasteiger partial charge in [-0.05, 0) is 35.9 Å². The maximum absolute atomic E-state index is 11.6. The van der Waals surface area contributed by atoms with Gasteiger partial charge >= 0.3 is 0 Å². The predicted octanol–water partition coefficient (Wildman–Crippen LogP) is 2.03. The maximum atomic E-state index is 11.6. The summed E-state index contributed by atoms with van der Waals surface area (Å²) in [6, 6.07) is 5.67. The number of amides is 1. The van der Waals surface area contributed by atoms with Gasteiger partial charge in [0, 0.05) is 25.1 Å². The fraction of sp³-hybridized carbons (Fsp3) is 0.357. The Hall–Kier alpha value is -1.82. The lowest BCUT2D eigenvalue weighted by Crippen LogP contribution is -2.24. The molecule has 1 N–H and O–H groups in total. The van der Waals surface area contributed by atoms with Crippen LogP contribution in [0.2, 0.25) is 0 Å². The standard InChI is InChI=1S/C14H18N4OS/c1-2-8-20-11-14(19)16-10-12-4-6-15-13(9-12)18-7-3-5-17-18/h3-7,9H,2,8,10-11H2,1H3,(H,16,19). The van der Waals surface area contributed by atoms with Crippen molar-refractivity contribution in [2.24, 2.45) is 0 Å². The van der Waals surface area contributed by atoms with E-state index in [1.54, 1.807) is 28.8 Å². The van der Waals surface area contributed by atoms with E-state index in [9.17, 15) is 4.79 Å². The van der Waals surface area contributed by atoms with Crippen molar-refractivity contribution in [2.45, 2.75) is 19.9 Å². The number of rotatable bonds is 7. The van der Waals surface area contributed by atoms with Gasteiger partial charge in [0.25, 0.3) is 0 Å². The number of thioether (sulfide) groups is 1. The molecule has 0 aliphatic heterocycles. The molecule has 2 aromatic rings. The van der Waals surface area contributed by atoms with Crippen LogP contribution in [-0.2, 0) is 11.3 Å². The molecule has 5 nitrogen and oxygen atoms in total. The fourth-order valence-electron chi connectivity index (χ4n) is 1.66. The van der Waals surface area contributed by atoms with E-state index < -0.39 is 0 Å². The van der Waals surface area contributed by atoms with Crippen molar-refractivity contribution >= 4 is 17.7 Å². The molecule has 0 fully saturated rings. The van der Waals surface area contributed by atoms with Crippen molar-refractivity contribution < 1.29 is 4.79 Å². The van der Waals surface area contributed by atoms with Gasteiger partial charge in [-0.1, -0.05) is 6.92 Å². The molecule has 2 heterocycles. The largest absolute Gasteiger partial charge is 0.351 e. The average Bonchev–Trinajstić information content (AvgIpc) is 3.00. The molecule has 20 heavy (non-hydrogen) atoms. The van der Waals surface area contributed by atoms with Gasteiger partial charge in [0.2, 0.25) is 5.91 Å². The molecule has 2 aromatic heterocycles. The van der Waals surface area contributed by atoms with Crippen molar-refractivity contribution in [3.05, 3.63) is 42.4 Å². The summed E-state index contributed by atoms with van der Waals surface area (Å²) >= 11 is 1.66. The number of pyridine rings is 1. The normalized spacial score (nSPS) is 10.4. The number of carbonyl (C=O) groups excluding carboxylic acids is 1. The van der Waals surface area contributed by atoms with E-state index in [4.69, 9.17) is 0 Å². The first-order chi connectivity index (χ1) is 9.79. The topological polar surface area (TPSA) is 59.8 Å². The number of hydrogen-bond donors (Lipinski definition) is 1. The lowest BCUT2D eigenvalue weighted by molar-refractivity contribution is -0.118. The Morgan fingerprint density at radius 2 is 2.35 bits per heavy atom. The van der Waals surface area contributed by atoms with Crippen LogP contribution in [0.1, 0.15) is 18.9 Å². The summed E-state index contributed by atoms with van der Waals surface area (Å²) in [5.41, 5.74) is 1.01. The molecule has 0 saturated heterocycles. The molecule has 0 radical (unpaired) electrons. The Kier molecular flexibility index (Phi) is 5.61. The maximum Gasteiger partial charge on any atom is 0.230 e. The number of aromatic nitrogens is 3. The fourth-order valence-corrected chi connectivity index (χ4v) is 2.38. The summed E-state index contributed by atoms with van der Waals surface area (Å²) in [6.45, 7) is 2.63. The molecule has 1 amide bonds. The molecule has 0 bridgehead atoms. The van der Waals surface area contributed by atoms with E-state index in [2.05, 4.69) is 22.3 Å². The van der Waals surface area contributed by atoms with E-state index in [1.807, 2.05) is 24.4 Å².